The first-order valence-corrected chi connectivity index (χ1v) is 16.1. The normalized spacial score (nSPS) is 13.2. The average Bonchev–Trinajstić information content (AvgIpc) is 3.49. The minimum atomic E-state index is 0.410. The molecule has 2 aromatic carbocycles. The van der Waals surface area contributed by atoms with Gasteiger partial charge in [0.05, 0.1) is 53.1 Å². The summed E-state index contributed by atoms with van der Waals surface area (Å²) in [6.45, 7) is 5.43. The van der Waals surface area contributed by atoms with Gasteiger partial charge in [0.25, 0.3) is 0 Å². The summed E-state index contributed by atoms with van der Waals surface area (Å²) in [6, 6.07) is 8.09. The Balaban J connectivity index is 1.38. The average molecular weight is 678 g/mol. The summed E-state index contributed by atoms with van der Waals surface area (Å²) in [4.78, 5) is 20.8. The molecule has 1 aliphatic rings. The van der Waals surface area contributed by atoms with Gasteiger partial charge < -0.3 is 29.3 Å². The molecular formula is C30H33BrN10O2S. The van der Waals surface area contributed by atoms with Crippen molar-refractivity contribution >= 4 is 73.4 Å². The first-order valence-electron chi connectivity index (χ1n) is 14.2. The molecule has 3 aromatic heterocycles. The van der Waals surface area contributed by atoms with Crippen LogP contribution in [-0.4, -0.2) is 75.9 Å². The van der Waals surface area contributed by atoms with E-state index in [1.165, 1.54) is 0 Å². The predicted octanol–water partition coefficient (Wildman–Crippen LogP) is 6.02. The lowest BCUT2D eigenvalue weighted by Crippen LogP contribution is -2.36. The van der Waals surface area contributed by atoms with Gasteiger partial charge in [-0.1, -0.05) is 11.9 Å². The highest BCUT2D eigenvalue weighted by Gasteiger charge is 2.22. The van der Waals surface area contributed by atoms with Crippen LogP contribution in [0.3, 0.4) is 0 Å². The van der Waals surface area contributed by atoms with Gasteiger partial charge in [-0.05, 0) is 41.1 Å². The number of hydrogen-bond acceptors (Lipinski definition) is 12. The lowest BCUT2D eigenvalue weighted by atomic mass is 10.0. The predicted molar refractivity (Wildman–Crippen MR) is 181 cm³/mol. The van der Waals surface area contributed by atoms with Crippen LogP contribution in [0.25, 0.3) is 22.2 Å². The number of benzene rings is 2. The topological polar surface area (TPSA) is 118 Å². The second-order valence-electron chi connectivity index (χ2n) is 10.0. The molecule has 14 heteroatoms. The number of anilines is 6. The van der Waals surface area contributed by atoms with Crippen LogP contribution in [0.1, 0.15) is 6.92 Å². The Morgan fingerprint density at radius 2 is 1.89 bits per heavy atom. The van der Waals surface area contributed by atoms with Crippen molar-refractivity contribution in [1.29, 1.82) is 0 Å². The van der Waals surface area contributed by atoms with Crippen LogP contribution in [0.15, 0.2) is 59.7 Å². The third kappa shape index (κ3) is 6.23. The van der Waals surface area contributed by atoms with E-state index in [9.17, 15) is 0 Å². The minimum absolute atomic E-state index is 0.410. The molecule has 6 rings (SSSR count). The summed E-state index contributed by atoms with van der Waals surface area (Å²) < 4.78 is 16.3. The second-order valence-corrected chi connectivity index (χ2v) is 11.8. The molecule has 228 valence electrons. The maximum absolute atomic E-state index is 6.14. The van der Waals surface area contributed by atoms with E-state index < -0.39 is 0 Å². The Bertz CT molecular complexity index is 1780. The van der Waals surface area contributed by atoms with E-state index in [1.54, 1.807) is 35.2 Å². The summed E-state index contributed by atoms with van der Waals surface area (Å²) in [5.74, 6) is 1.71. The van der Waals surface area contributed by atoms with Crippen molar-refractivity contribution in [1.82, 2.24) is 29.7 Å². The number of fused-ring (bicyclic) bond motifs is 1. The number of aryl methyl sites for hydroxylation is 1. The van der Waals surface area contributed by atoms with Crippen molar-refractivity contribution in [3.05, 3.63) is 59.7 Å². The molecule has 0 unspecified atom stereocenters. The minimum Gasteiger partial charge on any atom is -0.492 e. The number of nitrogens with zero attached hydrogens (tertiary/aromatic N) is 8. The summed E-state index contributed by atoms with van der Waals surface area (Å²) in [6.07, 6.45) is 11.0. The van der Waals surface area contributed by atoms with E-state index >= 15 is 0 Å². The molecule has 1 aliphatic heterocycles. The van der Waals surface area contributed by atoms with Crippen LogP contribution in [0, 0.1) is 0 Å². The van der Waals surface area contributed by atoms with Crippen LogP contribution in [0.5, 0.6) is 5.75 Å². The van der Waals surface area contributed by atoms with Crippen LogP contribution in [0.4, 0.5) is 34.5 Å². The molecule has 1 fully saturated rings. The molecule has 12 nitrogen and oxygen atoms in total. The number of aromatic nitrogens is 6. The maximum atomic E-state index is 6.14. The van der Waals surface area contributed by atoms with Gasteiger partial charge in [0.15, 0.2) is 0 Å². The van der Waals surface area contributed by atoms with Gasteiger partial charge in [-0.3, -0.25) is 14.6 Å². The van der Waals surface area contributed by atoms with Crippen molar-refractivity contribution in [2.24, 2.45) is 7.05 Å². The molecule has 1 saturated heterocycles. The molecular weight excluding hydrogens is 644 g/mol. The summed E-state index contributed by atoms with van der Waals surface area (Å²) in [7, 11) is 3.91. The fourth-order valence-electron chi connectivity index (χ4n) is 5.10. The van der Waals surface area contributed by atoms with Gasteiger partial charge >= 0.3 is 0 Å². The Morgan fingerprint density at radius 3 is 2.64 bits per heavy atom. The third-order valence-electron chi connectivity index (χ3n) is 7.21. The number of hydrogen-bond donors (Lipinski definition) is 2. The van der Waals surface area contributed by atoms with Crippen molar-refractivity contribution in [3.63, 3.8) is 0 Å². The zero-order valence-corrected chi connectivity index (χ0v) is 27.3. The molecule has 0 amide bonds. The van der Waals surface area contributed by atoms with Gasteiger partial charge in [-0.15, -0.1) is 0 Å². The number of rotatable bonds is 10. The summed E-state index contributed by atoms with van der Waals surface area (Å²) in [5, 5.41) is 11.3. The van der Waals surface area contributed by atoms with Crippen LogP contribution >= 0.6 is 27.9 Å². The highest BCUT2D eigenvalue weighted by molar-refractivity contribution is 9.10. The molecule has 0 radical (unpaired) electrons. The van der Waals surface area contributed by atoms with Gasteiger partial charge in [0.1, 0.15) is 17.1 Å². The molecule has 5 aromatic rings. The largest absolute Gasteiger partial charge is 0.492 e. The van der Waals surface area contributed by atoms with E-state index in [-0.39, 0.29) is 0 Å². The lowest BCUT2D eigenvalue weighted by Gasteiger charge is -2.31. The first kappa shape index (κ1) is 29.9. The van der Waals surface area contributed by atoms with Gasteiger partial charge in [-0.25, -0.2) is 4.98 Å². The molecule has 0 aliphatic carbocycles. The van der Waals surface area contributed by atoms with E-state index in [4.69, 9.17) is 14.5 Å². The smallest absolute Gasteiger partial charge is 0.229 e. The Morgan fingerprint density at radius 1 is 1.07 bits per heavy atom. The van der Waals surface area contributed by atoms with E-state index in [0.29, 0.717) is 41.8 Å². The number of morpholine rings is 1. The fraction of sp³-hybridized carbons (Fsp3) is 0.300. The molecule has 4 heterocycles. The molecule has 0 saturated carbocycles. The Hall–Kier alpha value is -4.14. The first-order chi connectivity index (χ1) is 21.4. The monoisotopic (exact) mass is 676 g/mol. The van der Waals surface area contributed by atoms with E-state index in [0.717, 1.165) is 58.0 Å². The van der Waals surface area contributed by atoms with Gasteiger partial charge in [0.2, 0.25) is 5.95 Å². The lowest BCUT2D eigenvalue weighted by molar-refractivity contribution is 0.122. The number of ether oxygens (including phenoxy) is 2. The number of halogens is 1. The number of nitrogens with one attached hydrogen (secondary N) is 2. The van der Waals surface area contributed by atoms with E-state index in [1.807, 2.05) is 51.8 Å². The highest BCUT2D eigenvalue weighted by atomic mass is 79.9. The van der Waals surface area contributed by atoms with E-state index in [2.05, 4.69) is 68.0 Å². The highest BCUT2D eigenvalue weighted by Crippen LogP contribution is 2.41. The summed E-state index contributed by atoms with van der Waals surface area (Å²) >= 11 is 5.21. The quantitative estimate of drug-likeness (QED) is 0.168. The van der Waals surface area contributed by atoms with Crippen molar-refractivity contribution < 1.29 is 9.47 Å². The molecule has 0 atom stereocenters. The third-order valence-corrected chi connectivity index (χ3v) is 8.52. The SMILES string of the molecule is CCOc1cc(N2CCOCC2)c(-c2cnn(C)c2)cc1Nc1ncc(Br)c(Nc2ccc3nccnc3c2N(C)SC)n1. The molecule has 44 heavy (non-hydrogen) atoms. The zero-order chi connectivity index (χ0) is 30.6. The van der Waals surface area contributed by atoms with Crippen LogP contribution in [-0.2, 0) is 11.8 Å². The van der Waals surface area contributed by atoms with Gasteiger partial charge in [0, 0.05) is 81.1 Å². The van der Waals surface area contributed by atoms with Crippen molar-refractivity contribution in [2.45, 2.75) is 6.92 Å². The maximum Gasteiger partial charge on any atom is 0.229 e. The van der Waals surface area contributed by atoms with Crippen molar-refractivity contribution in [3.8, 4) is 16.9 Å². The standard InChI is InChI=1S/C30H33BrN10O2S/c1-5-43-26-15-25(41-10-12-42-13-11-41)20(19-16-35-39(2)18-19)14-24(26)37-30-34-17-21(31)29(38-30)36-23-7-6-22-27(33-9-8-32-22)28(23)40(3)44-4/h6-9,14-18H,5,10-13H2,1-4H3,(H2,34,36,37,38). The van der Waals surface area contributed by atoms with Crippen LogP contribution < -0.4 is 24.6 Å². The van der Waals surface area contributed by atoms with Gasteiger partial charge in [-0.2, -0.15) is 10.1 Å². The molecule has 2 N–H and O–H groups in total. The Kier molecular flexibility index (Phi) is 9.00. The summed E-state index contributed by atoms with van der Waals surface area (Å²) in [5.41, 5.74) is 7.20. The van der Waals surface area contributed by atoms with Crippen LogP contribution in [0.2, 0.25) is 0 Å². The zero-order valence-electron chi connectivity index (χ0n) is 24.9. The molecule has 0 spiro atoms. The fourth-order valence-corrected chi connectivity index (χ4v) is 5.75. The molecule has 0 bridgehead atoms. The second kappa shape index (κ2) is 13.2. The van der Waals surface area contributed by atoms with Crippen molar-refractivity contribution in [2.75, 3.05) is 66.1 Å². The Labute approximate surface area is 268 Å².